The standard InChI is InChI=1S/C30H34N4O2/c1-4-20-16-23-24(17-26(20)34-9-7-21(8-10-34)33-11-13-36-14-12-33)30(2,3)29-27(28(23)35)22-6-5-19(18-31)15-25(22)32-29/h5-6,15-17,21,32H,4,7-14H2,1-3H3/i1D,2D,3D,7D2,8D2,9D2,10D2,11D2,12D2,13D2,14D2,21D. The van der Waals surface area contributed by atoms with Gasteiger partial charge in [-0.25, -0.2) is 0 Å². The summed E-state index contributed by atoms with van der Waals surface area (Å²) < 4.78 is 179. The summed E-state index contributed by atoms with van der Waals surface area (Å²) in [7, 11) is 0. The molecule has 1 aromatic heterocycles. The number of benzene rings is 2. The van der Waals surface area contributed by atoms with Crippen LogP contribution in [0.4, 0.5) is 5.69 Å². The Labute approximate surface area is 240 Å². The lowest BCUT2D eigenvalue weighted by Gasteiger charge is -2.42. The summed E-state index contributed by atoms with van der Waals surface area (Å²) in [6.45, 7) is -26.2. The van der Waals surface area contributed by atoms with E-state index in [2.05, 4.69) is 9.72 Å². The Balaban J connectivity index is 1.67. The molecule has 0 bridgehead atoms. The number of nitrogens with one attached hydrogen (secondary N) is 1. The molecular weight excluding hydrogens is 448 g/mol. The molecule has 0 atom stereocenters. The van der Waals surface area contributed by atoms with Gasteiger partial charge in [0.2, 0.25) is 0 Å². The van der Waals surface area contributed by atoms with E-state index in [0.29, 0.717) is 10.9 Å². The Morgan fingerprint density at radius 3 is 2.75 bits per heavy atom. The fourth-order valence-corrected chi connectivity index (χ4v) is 4.57. The number of hydrogen-bond donors (Lipinski definition) is 1. The number of hydrogen-bond acceptors (Lipinski definition) is 5. The summed E-state index contributed by atoms with van der Waals surface area (Å²) >= 11 is 0. The zero-order valence-electron chi connectivity index (χ0n) is 38.9. The van der Waals surface area contributed by atoms with Gasteiger partial charge < -0.3 is 14.6 Å². The van der Waals surface area contributed by atoms with Gasteiger partial charge in [-0.15, -0.1) is 0 Å². The number of H-pyrrole nitrogens is 1. The average molecular weight is 503 g/mol. The maximum Gasteiger partial charge on any atom is 0.195 e. The number of rotatable bonds is 3. The first-order valence-electron chi connectivity index (χ1n) is 21.5. The SMILES string of the molecule is [2H]CCc1cc2c(cc1N1C([2H])([2H])C([2H])([2H])C([2H])(N3C([2H])([2H])C([2H])([2H])OC([2H])([2H])C3([2H])[2H])C([2H])([2H])C1([2H])[2H])C(C[2H])(C[2H])c1[nH]c3cc(C#N)ccc3c1C2=O. The number of aromatic nitrogens is 1. The Kier molecular flexibility index (Phi) is 2.42. The smallest absolute Gasteiger partial charge is 0.195 e. The van der Waals surface area contributed by atoms with E-state index in [1.165, 1.54) is 18.2 Å². The van der Waals surface area contributed by atoms with E-state index in [0.717, 1.165) is 12.1 Å². The number of morpholine rings is 1. The van der Waals surface area contributed by atoms with Crippen molar-refractivity contribution in [1.82, 2.24) is 9.88 Å². The number of aromatic amines is 1. The monoisotopic (exact) mass is 502 g/mol. The number of carbonyl (C=O) groups excluding carboxylic acids is 1. The molecule has 1 aliphatic carbocycles. The summed E-state index contributed by atoms with van der Waals surface area (Å²) in [6, 6.07) is 4.02. The molecule has 0 unspecified atom stereocenters. The van der Waals surface area contributed by atoms with Crippen molar-refractivity contribution in [1.29, 1.82) is 5.26 Å². The lowest BCUT2D eigenvalue weighted by Crippen LogP contribution is -2.49. The number of nitrogens with zero attached hydrogens (tertiary/aromatic N) is 3. The van der Waals surface area contributed by atoms with E-state index >= 15 is 0 Å². The van der Waals surface area contributed by atoms with Crippen LogP contribution in [-0.2, 0) is 16.6 Å². The van der Waals surface area contributed by atoms with E-state index in [1.54, 1.807) is 0 Å². The van der Waals surface area contributed by atoms with Crippen LogP contribution in [0.15, 0.2) is 30.3 Å². The van der Waals surface area contributed by atoms with Gasteiger partial charge in [0.15, 0.2) is 5.78 Å². The molecule has 186 valence electrons. The molecule has 6 nitrogen and oxygen atoms in total. The van der Waals surface area contributed by atoms with Crippen molar-refractivity contribution in [3.63, 3.8) is 0 Å². The van der Waals surface area contributed by atoms with Gasteiger partial charge in [-0.2, -0.15) is 5.26 Å². The van der Waals surface area contributed by atoms with Crippen LogP contribution in [0.5, 0.6) is 0 Å². The van der Waals surface area contributed by atoms with Crippen LogP contribution in [-0.4, -0.2) is 60.8 Å². The van der Waals surface area contributed by atoms with Crippen LogP contribution in [0.25, 0.3) is 10.9 Å². The summed E-state index contributed by atoms with van der Waals surface area (Å²) in [5, 5.41) is 9.82. The van der Waals surface area contributed by atoms with Crippen molar-refractivity contribution >= 4 is 22.4 Å². The highest BCUT2D eigenvalue weighted by molar-refractivity contribution is 6.20. The zero-order chi connectivity index (χ0) is 42.4. The maximum absolute atomic E-state index is 14.3. The first-order chi connectivity index (χ1) is 25.4. The number of ether oxygens (including phenoxy) is 1. The van der Waals surface area contributed by atoms with Crippen LogP contribution >= 0.6 is 0 Å². The van der Waals surface area contributed by atoms with Crippen molar-refractivity contribution in [2.75, 3.05) is 44.0 Å². The van der Waals surface area contributed by atoms with Crippen molar-refractivity contribution in [3.05, 3.63) is 63.8 Å². The third-order valence-electron chi connectivity index (χ3n) is 6.34. The number of anilines is 1. The summed E-state index contributed by atoms with van der Waals surface area (Å²) in [6.07, 6.45) is -9.07. The Morgan fingerprint density at radius 1 is 1.22 bits per heavy atom. The number of aryl methyl sites for hydroxylation is 1. The maximum atomic E-state index is 14.3. The predicted molar refractivity (Wildman–Crippen MR) is 142 cm³/mol. The van der Waals surface area contributed by atoms with Crippen LogP contribution in [0.1, 0.15) is 99.2 Å². The predicted octanol–water partition coefficient (Wildman–Crippen LogP) is 4.77. The Bertz CT molecular complexity index is 2140. The van der Waals surface area contributed by atoms with Crippen molar-refractivity contribution in [3.8, 4) is 6.07 Å². The van der Waals surface area contributed by atoms with Crippen LogP contribution < -0.4 is 4.90 Å². The minimum absolute atomic E-state index is 0.0456. The van der Waals surface area contributed by atoms with Crippen molar-refractivity contribution < 1.29 is 36.9 Å². The van der Waals surface area contributed by atoms with Crippen LogP contribution in [0.3, 0.4) is 0 Å². The van der Waals surface area contributed by atoms with Crippen molar-refractivity contribution in [2.24, 2.45) is 0 Å². The molecule has 6 heteroatoms. The molecule has 6 rings (SSSR count). The van der Waals surface area contributed by atoms with Gasteiger partial charge in [-0.1, -0.05) is 26.8 Å². The molecule has 0 saturated carbocycles. The van der Waals surface area contributed by atoms with Gasteiger partial charge in [0, 0.05) is 87.2 Å². The normalized spacial score (nSPS) is 40.4. The molecule has 2 aromatic carbocycles. The lowest BCUT2D eigenvalue weighted by atomic mass is 9.70. The third kappa shape index (κ3) is 3.56. The van der Waals surface area contributed by atoms with Gasteiger partial charge in [0.1, 0.15) is 0 Å². The molecule has 2 saturated heterocycles. The molecule has 3 aliphatic rings. The first-order valence-corrected chi connectivity index (χ1v) is 10.9. The Morgan fingerprint density at radius 2 is 2.03 bits per heavy atom. The summed E-state index contributed by atoms with van der Waals surface area (Å²) in [4.78, 5) is 16.5. The van der Waals surface area contributed by atoms with Gasteiger partial charge in [-0.3, -0.25) is 9.69 Å². The van der Waals surface area contributed by atoms with Crippen LogP contribution in [0.2, 0.25) is 0 Å². The second kappa shape index (κ2) is 8.76. The molecule has 2 fully saturated rings. The van der Waals surface area contributed by atoms with Gasteiger partial charge in [0.05, 0.1) is 35.8 Å². The molecule has 36 heavy (non-hydrogen) atoms. The quantitative estimate of drug-likeness (QED) is 0.558. The van der Waals surface area contributed by atoms with E-state index in [9.17, 15) is 16.9 Å². The average Bonchev–Trinajstić information content (AvgIpc) is 3.46. The molecule has 3 aromatic rings. The number of piperidine rings is 1. The minimum Gasteiger partial charge on any atom is -0.379 e. The summed E-state index contributed by atoms with van der Waals surface area (Å²) in [5.74, 6) is -0.665. The molecule has 3 heterocycles. The van der Waals surface area contributed by atoms with Crippen molar-refractivity contribution in [2.45, 2.75) is 51.3 Å². The number of nitriles is 1. The fourth-order valence-electron chi connectivity index (χ4n) is 4.57. The molecule has 2 aliphatic heterocycles. The highest BCUT2D eigenvalue weighted by Crippen LogP contribution is 2.46. The van der Waals surface area contributed by atoms with E-state index in [1.807, 2.05) is 6.07 Å². The topological polar surface area (TPSA) is 72.4 Å². The Hall–Kier alpha value is -3.14. The minimum atomic E-state index is -4.51. The number of ketones is 1. The highest BCUT2D eigenvalue weighted by Gasteiger charge is 2.40. The first kappa shape index (κ1) is 9.96. The molecule has 0 radical (unpaired) electrons. The van der Waals surface area contributed by atoms with Gasteiger partial charge in [-0.05, 0) is 54.6 Å². The second-order valence-electron chi connectivity index (χ2n) is 8.46. The van der Waals surface area contributed by atoms with E-state index in [-0.39, 0.29) is 38.4 Å². The van der Waals surface area contributed by atoms with E-state index < -0.39 is 107 Å². The molecule has 1 N–H and O–H groups in total. The second-order valence-corrected chi connectivity index (χ2v) is 8.46. The number of fused-ring (bicyclic) bond motifs is 4. The molecule has 0 spiro atoms. The molecular formula is C30H34N4O2. The van der Waals surface area contributed by atoms with Crippen LogP contribution in [0, 0.1) is 11.3 Å². The highest BCUT2D eigenvalue weighted by atomic mass is 16.5. The molecule has 0 amide bonds. The fraction of sp³-hybridized carbons (Fsp3) is 0.467. The number of carbonyl (C=O) groups is 1. The van der Waals surface area contributed by atoms with Gasteiger partial charge >= 0.3 is 0 Å². The largest absolute Gasteiger partial charge is 0.379 e. The summed E-state index contributed by atoms with van der Waals surface area (Å²) in [5.41, 5.74) is -2.32. The third-order valence-corrected chi connectivity index (χ3v) is 6.34. The van der Waals surface area contributed by atoms with E-state index in [4.69, 9.17) is 20.6 Å². The van der Waals surface area contributed by atoms with Gasteiger partial charge in [0.25, 0.3) is 0 Å². The lowest BCUT2D eigenvalue weighted by molar-refractivity contribution is 0.0115. The zero-order valence-corrected chi connectivity index (χ0v) is 18.9.